The fraction of sp³-hybridized carbons (Fsp3) is 0.667. The molecule has 2 saturated heterocycles. The van der Waals surface area contributed by atoms with E-state index in [1.165, 1.54) is 19.3 Å². The minimum absolute atomic E-state index is 0.0488. The molecule has 148 valence electrons. The lowest BCUT2D eigenvalue weighted by Crippen LogP contribution is -2.49. The number of likely N-dealkylation sites (tertiary alicyclic amines) is 1. The van der Waals surface area contributed by atoms with Crippen LogP contribution in [0, 0.1) is 5.41 Å². The average molecular weight is 373 g/mol. The summed E-state index contributed by atoms with van der Waals surface area (Å²) in [6, 6.07) is 3.72. The van der Waals surface area contributed by atoms with Gasteiger partial charge in [-0.25, -0.2) is 4.98 Å². The van der Waals surface area contributed by atoms with Crippen molar-refractivity contribution in [2.45, 2.75) is 65.5 Å². The van der Waals surface area contributed by atoms with Crippen molar-refractivity contribution in [2.75, 3.05) is 24.5 Å². The first-order valence-electron chi connectivity index (χ1n) is 10.1. The summed E-state index contributed by atoms with van der Waals surface area (Å²) in [5.74, 6) is 1.00. The summed E-state index contributed by atoms with van der Waals surface area (Å²) in [6.45, 7) is 8.96. The summed E-state index contributed by atoms with van der Waals surface area (Å²) < 4.78 is 0. The lowest BCUT2D eigenvalue weighted by molar-refractivity contribution is -0.144. The van der Waals surface area contributed by atoms with Crippen molar-refractivity contribution in [2.24, 2.45) is 5.41 Å². The van der Waals surface area contributed by atoms with Crippen LogP contribution in [0.2, 0.25) is 0 Å². The number of hydrogen-bond acceptors (Lipinski definition) is 4. The van der Waals surface area contributed by atoms with Crippen molar-refractivity contribution in [3.8, 4) is 0 Å². The van der Waals surface area contributed by atoms with Gasteiger partial charge in [0.1, 0.15) is 11.9 Å². The van der Waals surface area contributed by atoms with E-state index in [0.717, 1.165) is 37.3 Å². The number of rotatable bonds is 4. The number of nitrogens with one attached hydrogen (secondary N) is 1. The zero-order valence-corrected chi connectivity index (χ0v) is 16.8. The molecule has 0 unspecified atom stereocenters. The highest BCUT2D eigenvalue weighted by Crippen LogP contribution is 2.25. The molecule has 1 atom stereocenters. The third kappa shape index (κ3) is 4.79. The molecule has 1 aromatic rings. The minimum Gasteiger partial charge on any atom is -0.357 e. The molecule has 6 nitrogen and oxygen atoms in total. The van der Waals surface area contributed by atoms with Crippen molar-refractivity contribution in [3.05, 3.63) is 23.9 Å². The van der Waals surface area contributed by atoms with E-state index in [1.54, 1.807) is 4.90 Å². The number of pyridine rings is 1. The predicted octanol–water partition coefficient (Wildman–Crippen LogP) is 2.73. The summed E-state index contributed by atoms with van der Waals surface area (Å²) in [5.41, 5.74) is 0.521. The maximum Gasteiger partial charge on any atom is 0.243 e. The van der Waals surface area contributed by atoms with E-state index in [1.807, 2.05) is 39.1 Å². The standard InChI is InChI=1S/C21H32N4O2/c1-21(2,3)20(27)25-13-7-8-17(25)19(26)23-15-16-9-10-18(22-14-16)24-11-5-4-6-12-24/h9-10,14,17H,4-8,11-13,15H2,1-3H3,(H,23,26)/t17-/m0/s1. The van der Waals surface area contributed by atoms with E-state index < -0.39 is 5.41 Å². The molecule has 1 N–H and O–H groups in total. The third-order valence-electron chi connectivity index (χ3n) is 5.41. The largest absolute Gasteiger partial charge is 0.357 e. The van der Waals surface area contributed by atoms with Gasteiger partial charge in [-0.2, -0.15) is 0 Å². The van der Waals surface area contributed by atoms with Crippen molar-refractivity contribution >= 4 is 17.6 Å². The van der Waals surface area contributed by atoms with Gasteiger partial charge in [-0.3, -0.25) is 9.59 Å². The van der Waals surface area contributed by atoms with E-state index >= 15 is 0 Å². The molecule has 0 spiro atoms. The van der Waals surface area contributed by atoms with Crippen LogP contribution in [-0.4, -0.2) is 47.4 Å². The Labute approximate surface area is 162 Å². The average Bonchev–Trinajstić information content (AvgIpc) is 3.15. The van der Waals surface area contributed by atoms with Crippen LogP contribution in [0.4, 0.5) is 5.82 Å². The van der Waals surface area contributed by atoms with Gasteiger partial charge in [0.05, 0.1) is 0 Å². The first kappa shape index (κ1) is 19.6. The van der Waals surface area contributed by atoms with Crippen LogP contribution in [-0.2, 0) is 16.1 Å². The minimum atomic E-state index is -0.461. The molecule has 3 heterocycles. The van der Waals surface area contributed by atoms with Gasteiger partial charge < -0.3 is 15.1 Å². The third-order valence-corrected chi connectivity index (χ3v) is 5.41. The van der Waals surface area contributed by atoms with Crippen molar-refractivity contribution in [1.29, 1.82) is 0 Å². The zero-order chi connectivity index (χ0) is 19.4. The molecular formula is C21H32N4O2. The van der Waals surface area contributed by atoms with Crippen LogP contribution in [0.3, 0.4) is 0 Å². The van der Waals surface area contributed by atoms with E-state index in [9.17, 15) is 9.59 Å². The number of carbonyl (C=O) groups excluding carboxylic acids is 2. The molecule has 0 saturated carbocycles. The fourth-order valence-electron chi connectivity index (χ4n) is 3.85. The maximum atomic E-state index is 12.6. The SMILES string of the molecule is CC(C)(C)C(=O)N1CCC[C@H]1C(=O)NCc1ccc(N2CCCCC2)nc1. The number of piperidine rings is 1. The van der Waals surface area contributed by atoms with E-state index in [4.69, 9.17) is 0 Å². The van der Waals surface area contributed by atoms with E-state index in [-0.39, 0.29) is 17.9 Å². The van der Waals surface area contributed by atoms with Crippen LogP contribution in [0.25, 0.3) is 0 Å². The first-order chi connectivity index (χ1) is 12.9. The number of nitrogens with zero attached hydrogens (tertiary/aromatic N) is 3. The first-order valence-corrected chi connectivity index (χ1v) is 10.1. The quantitative estimate of drug-likeness (QED) is 0.883. The Morgan fingerprint density at radius 1 is 1.11 bits per heavy atom. The summed E-state index contributed by atoms with van der Waals surface area (Å²) in [4.78, 5) is 33.8. The Bertz CT molecular complexity index is 660. The Hall–Kier alpha value is -2.11. The van der Waals surface area contributed by atoms with E-state index in [2.05, 4.69) is 15.2 Å². The molecule has 2 fully saturated rings. The summed E-state index contributed by atoms with van der Waals surface area (Å²) >= 11 is 0. The van der Waals surface area contributed by atoms with E-state index in [0.29, 0.717) is 13.1 Å². The van der Waals surface area contributed by atoms with Gasteiger partial charge in [0.2, 0.25) is 11.8 Å². The van der Waals surface area contributed by atoms with Crippen molar-refractivity contribution in [1.82, 2.24) is 15.2 Å². The van der Waals surface area contributed by atoms with Gasteiger partial charge in [0.25, 0.3) is 0 Å². The highest BCUT2D eigenvalue weighted by molar-refractivity contribution is 5.90. The Morgan fingerprint density at radius 2 is 1.85 bits per heavy atom. The molecule has 27 heavy (non-hydrogen) atoms. The normalized spacial score (nSPS) is 20.6. The molecular weight excluding hydrogens is 340 g/mol. The van der Waals surface area contributed by atoms with Crippen LogP contribution in [0.1, 0.15) is 58.4 Å². The molecule has 2 aliphatic heterocycles. The molecule has 0 bridgehead atoms. The number of aromatic nitrogens is 1. The summed E-state index contributed by atoms with van der Waals surface area (Å²) in [5, 5.41) is 2.99. The Morgan fingerprint density at radius 3 is 2.48 bits per heavy atom. The van der Waals surface area contributed by atoms with Gasteiger partial charge in [-0.15, -0.1) is 0 Å². The Kier molecular flexibility index (Phi) is 6.02. The van der Waals surface area contributed by atoms with Crippen molar-refractivity contribution in [3.63, 3.8) is 0 Å². The van der Waals surface area contributed by atoms with Crippen LogP contribution < -0.4 is 10.2 Å². The molecule has 2 amide bonds. The molecule has 0 aromatic carbocycles. The monoisotopic (exact) mass is 372 g/mol. The lowest BCUT2D eigenvalue weighted by Gasteiger charge is -2.30. The number of carbonyl (C=O) groups is 2. The second-order valence-corrected chi connectivity index (χ2v) is 8.70. The van der Waals surface area contributed by atoms with Gasteiger partial charge in [0.15, 0.2) is 0 Å². The predicted molar refractivity (Wildman–Crippen MR) is 106 cm³/mol. The highest BCUT2D eigenvalue weighted by Gasteiger charge is 2.38. The second-order valence-electron chi connectivity index (χ2n) is 8.70. The molecule has 2 aliphatic rings. The van der Waals surface area contributed by atoms with Crippen molar-refractivity contribution < 1.29 is 9.59 Å². The van der Waals surface area contributed by atoms with Gasteiger partial charge >= 0.3 is 0 Å². The van der Waals surface area contributed by atoms with Gasteiger partial charge in [-0.1, -0.05) is 26.8 Å². The summed E-state index contributed by atoms with van der Waals surface area (Å²) in [6.07, 6.45) is 7.22. The highest BCUT2D eigenvalue weighted by atomic mass is 16.2. The Balaban J connectivity index is 1.54. The second kappa shape index (κ2) is 8.28. The smallest absolute Gasteiger partial charge is 0.243 e. The molecule has 6 heteroatoms. The fourth-order valence-corrected chi connectivity index (χ4v) is 3.85. The van der Waals surface area contributed by atoms with Crippen LogP contribution >= 0.6 is 0 Å². The topological polar surface area (TPSA) is 65.5 Å². The maximum absolute atomic E-state index is 12.6. The molecule has 0 aliphatic carbocycles. The van der Waals surface area contributed by atoms with Crippen LogP contribution in [0.5, 0.6) is 0 Å². The molecule has 0 radical (unpaired) electrons. The zero-order valence-electron chi connectivity index (χ0n) is 16.8. The van der Waals surface area contributed by atoms with Gasteiger partial charge in [-0.05, 0) is 43.7 Å². The van der Waals surface area contributed by atoms with Crippen LogP contribution in [0.15, 0.2) is 18.3 Å². The van der Waals surface area contributed by atoms with Gasteiger partial charge in [0, 0.05) is 37.8 Å². The molecule has 3 rings (SSSR count). The number of anilines is 1. The number of amides is 2. The number of hydrogen-bond donors (Lipinski definition) is 1. The summed E-state index contributed by atoms with van der Waals surface area (Å²) in [7, 11) is 0. The molecule has 1 aromatic heterocycles. The lowest BCUT2D eigenvalue weighted by atomic mass is 9.94.